The fraction of sp³-hybridized carbons (Fsp3) is 0.886. The molecule has 0 aromatic rings. The van der Waals surface area contributed by atoms with Crippen LogP contribution in [0.15, 0.2) is 23.8 Å². The number of aliphatic hydroxyl groups is 3. The second-order valence-electron chi connectivity index (χ2n) is 15.3. The summed E-state index contributed by atoms with van der Waals surface area (Å²) in [5.41, 5.74) is 8.37. The Bertz CT molecular complexity index is 964. The molecule has 0 bridgehead atoms. The van der Waals surface area contributed by atoms with Gasteiger partial charge in [-0.2, -0.15) is 0 Å². The molecule has 1 saturated heterocycles. The summed E-state index contributed by atoms with van der Waals surface area (Å²) in [6.07, 6.45) is 14.3. The van der Waals surface area contributed by atoms with E-state index in [-0.39, 0.29) is 18.1 Å². The van der Waals surface area contributed by atoms with E-state index in [0.717, 1.165) is 42.9 Å². The summed E-state index contributed by atoms with van der Waals surface area (Å²) < 4.78 is 12.1. The van der Waals surface area contributed by atoms with Crippen molar-refractivity contribution in [2.75, 3.05) is 6.61 Å². The summed E-state index contributed by atoms with van der Waals surface area (Å²) in [6.45, 7) is 14.3. The highest BCUT2D eigenvalue weighted by molar-refractivity contribution is 5.25. The molecule has 1 aliphatic heterocycles. The summed E-state index contributed by atoms with van der Waals surface area (Å²) in [6, 6.07) is -0.840. The van der Waals surface area contributed by atoms with Crippen LogP contribution in [0.25, 0.3) is 0 Å². The quantitative estimate of drug-likeness (QED) is 0.282. The molecule has 0 spiro atoms. The topological polar surface area (TPSA) is 105 Å². The Labute approximate surface area is 249 Å². The molecule has 6 heteroatoms. The largest absolute Gasteiger partial charge is 0.394 e. The van der Waals surface area contributed by atoms with Crippen molar-refractivity contribution in [3.05, 3.63) is 23.8 Å². The van der Waals surface area contributed by atoms with Crippen molar-refractivity contribution < 1.29 is 24.8 Å². The molecule has 5 N–H and O–H groups in total. The van der Waals surface area contributed by atoms with Gasteiger partial charge in [-0.15, -0.1) is 0 Å². The zero-order chi connectivity index (χ0) is 29.7. The number of rotatable bonds is 8. The van der Waals surface area contributed by atoms with Crippen molar-refractivity contribution in [1.82, 2.24) is 0 Å². The van der Waals surface area contributed by atoms with Gasteiger partial charge in [0.15, 0.2) is 6.29 Å². The number of allylic oxidation sites excluding steroid dienone is 3. The van der Waals surface area contributed by atoms with E-state index in [9.17, 15) is 15.3 Å². The normalized spacial score (nSPS) is 47.9. The predicted octanol–water partition coefficient (Wildman–Crippen LogP) is 5.59. The van der Waals surface area contributed by atoms with Gasteiger partial charge in [0.2, 0.25) is 0 Å². The zero-order valence-electron chi connectivity index (χ0n) is 26.5. The van der Waals surface area contributed by atoms with E-state index in [4.69, 9.17) is 15.2 Å². The van der Waals surface area contributed by atoms with Crippen molar-refractivity contribution in [3.8, 4) is 0 Å². The molecule has 0 aromatic heterocycles. The van der Waals surface area contributed by atoms with Crippen molar-refractivity contribution >= 4 is 0 Å². The molecule has 1 heterocycles. The summed E-state index contributed by atoms with van der Waals surface area (Å²) in [4.78, 5) is 0. The number of hydrogen-bond donors (Lipinski definition) is 4. The standard InChI is InChI=1S/C35H59NO5/c1-7-22(20(2)3)9-8-21(4)26-12-13-27-25-11-10-23-18-24(14-16-34(23,5)28(25)15-17-35(26,27)6)40-33-30(36)32(39)31(38)29(19-37)41-33/h8-10,20-22,24-33,37-39H,7,11-19,36H2,1-6H3/b9-8+/t21-,22-,24+,25+,26-,27+,28+,29-,30?,31-,32?,33?,34+,35?/m1/s1. The highest BCUT2D eigenvalue weighted by Gasteiger charge is 2.59. The Balaban J connectivity index is 1.26. The number of nitrogens with two attached hydrogens (primary N) is 1. The SMILES string of the molecule is CC[C@H](/C=C/[C@@H](C)[C@H]1CC[C@H]2[C@@H]3CC=C4C[C@@H](OC5O[C@H](CO)[C@@H](O)C(O)C5N)CC[C@]4(C)[C@H]3CCC12C)C(C)C. The van der Waals surface area contributed by atoms with Crippen molar-refractivity contribution in [1.29, 1.82) is 0 Å². The summed E-state index contributed by atoms with van der Waals surface area (Å²) in [5, 5.41) is 30.1. The van der Waals surface area contributed by atoms with Gasteiger partial charge in [0.1, 0.15) is 18.3 Å². The molecule has 4 fully saturated rings. The van der Waals surface area contributed by atoms with Crippen LogP contribution in [0.3, 0.4) is 0 Å². The van der Waals surface area contributed by atoms with Crippen LogP contribution in [0.2, 0.25) is 0 Å². The predicted molar refractivity (Wildman–Crippen MR) is 163 cm³/mol. The van der Waals surface area contributed by atoms with E-state index in [1.807, 2.05) is 0 Å². The monoisotopic (exact) mass is 573 g/mol. The molecule has 3 saturated carbocycles. The zero-order valence-corrected chi connectivity index (χ0v) is 26.5. The Morgan fingerprint density at radius 2 is 1.80 bits per heavy atom. The van der Waals surface area contributed by atoms with Crippen LogP contribution in [0.4, 0.5) is 0 Å². The van der Waals surface area contributed by atoms with Crippen LogP contribution in [0.5, 0.6) is 0 Å². The van der Waals surface area contributed by atoms with Gasteiger partial charge in [-0.1, -0.05) is 65.3 Å². The van der Waals surface area contributed by atoms with Gasteiger partial charge in [0, 0.05) is 0 Å². The summed E-state index contributed by atoms with van der Waals surface area (Å²) in [7, 11) is 0. The van der Waals surface area contributed by atoms with E-state index in [1.165, 1.54) is 44.1 Å². The van der Waals surface area contributed by atoms with E-state index >= 15 is 0 Å². The number of hydrogen-bond acceptors (Lipinski definition) is 6. The van der Waals surface area contributed by atoms with E-state index < -0.39 is 30.6 Å². The minimum atomic E-state index is -1.21. The molecule has 5 rings (SSSR count). The molecule has 0 aromatic carbocycles. The third-order valence-electron chi connectivity index (χ3n) is 13.0. The van der Waals surface area contributed by atoms with Gasteiger partial charge in [-0.05, 0) is 110 Å². The summed E-state index contributed by atoms with van der Waals surface area (Å²) in [5.74, 6) is 5.15. The van der Waals surface area contributed by atoms with Crippen LogP contribution in [0.1, 0.15) is 99.3 Å². The fourth-order valence-corrected chi connectivity index (χ4v) is 10.3. The Hall–Kier alpha value is -0.760. The molecule has 0 radical (unpaired) electrons. The van der Waals surface area contributed by atoms with E-state index in [0.29, 0.717) is 23.2 Å². The Kier molecular flexibility index (Phi) is 9.51. The first-order chi connectivity index (χ1) is 19.4. The van der Waals surface area contributed by atoms with Gasteiger partial charge in [-0.25, -0.2) is 0 Å². The first-order valence-corrected chi connectivity index (χ1v) is 16.9. The number of ether oxygens (including phenoxy) is 2. The lowest BCUT2D eigenvalue weighted by Gasteiger charge is -2.58. The third kappa shape index (κ3) is 5.64. The highest BCUT2D eigenvalue weighted by atomic mass is 16.7. The molecule has 4 unspecified atom stereocenters. The average Bonchev–Trinajstić information content (AvgIpc) is 3.30. The molecule has 14 atom stereocenters. The fourth-order valence-electron chi connectivity index (χ4n) is 10.3. The van der Waals surface area contributed by atoms with Crippen LogP contribution >= 0.6 is 0 Å². The van der Waals surface area contributed by atoms with Gasteiger partial charge in [0.25, 0.3) is 0 Å². The van der Waals surface area contributed by atoms with Crippen LogP contribution in [-0.2, 0) is 9.47 Å². The van der Waals surface area contributed by atoms with Crippen LogP contribution in [0, 0.1) is 52.3 Å². The molecule has 41 heavy (non-hydrogen) atoms. The average molecular weight is 574 g/mol. The Morgan fingerprint density at radius 3 is 2.49 bits per heavy atom. The number of fused-ring (bicyclic) bond motifs is 5. The van der Waals surface area contributed by atoms with E-state index in [2.05, 4.69) is 59.8 Å². The lowest BCUT2D eigenvalue weighted by Crippen LogP contribution is -2.63. The van der Waals surface area contributed by atoms with Gasteiger partial charge >= 0.3 is 0 Å². The first-order valence-electron chi connectivity index (χ1n) is 16.9. The molecule has 0 amide bonds. The minimum Gasteiger partial charge on any atom is -0.394 e. The van der Waals surface area contributed by atoms with Crippen molar-refractivity contribution in [2.45, 2.75) is 136 Å². The van der Waals surface area contributed by atoms with Crippen LogP contribution < -0.4 is 5.73 Å². The molecule has 234 valence electrons. The molecular formula is C35H59NO5. The maximum atomic E-state index is 10.4. The van der Waals surface area contributed by atoms with Crippen molar-refractivity contribution in [3.63, 3.8) is 0 Å². The lowest BCUT2D eigenvalue weighted by molar-refractivity contribution is -0.280. The smallest absolute Gasteiger partial charge is 0.176 e. The van der Waals surface area contributed by atoms with Gasteiger partial charge < -0.3 is 30.5 Å². The van der Waals surface area contributed by atoms with Crippen molar-refractivity contribution in [2.24, 2.45) is 58.0 Å². The highest BCUT2D eigenvalue weighted by Crippen LogP contribution is 2.67. The van der Waals surface area contributed by atoms with Gasteiger partial charge in [0.05, 0.1) is 18.8 Å². The molecular weight excluding hydrogens is 514 g/mol. The molecule has 4 aliphatic carbocycles. The number of aliphatic hydroxyl groups excluding tert-OH is 3. The second-order valence-corrected chi connectivity index (χ2v) is 15.3. The maximum Gasteiger partial charge on any atom is 0.176 e. The molecule has 6 nitrogen and oxygen atoms in total. The second kappa shape index (κ2) is 12.3. The lowest BCUT2D eigenvalue weighted by atomic mass is 9.47. The Morgan fingerprint density at radius 1 is 1.05 bits per heavy atom. The first kappa shape index (κ1) is 31.7. The van der Waals surface area contributed by atoms with E-state index in [1.54, 1.807) is 0 Å². The minimum absolute atomic E-state index is 0.0288. The maximum absolute atomic E-state index is 10.4. The van der Waals surface area contributed by atoms with Crippen LogP contribution in [-0.4, -0.2) is 58.7 Å². The molecule has 5 aliphatic rings. The van der Waals surface area contributed by atoms with Gasteiger partial charge in [-0.3, -0.25) is 0 Å². The third-order valence-corrected chi connectivity index (χ3v) is 13.0. The summed E-state index contributed by atoms with van der Waals surface area (Å²) >= 11 is 0.